The van der Waals surface area contributed by atoms with Crippen molar-refractivity contribution < 1.29 is 9.18 Å². The van der Waals surface area contributed by atoms with E-state index in [1.807, 2.05) is 6.07 Å². The van der Waals surface area contributed by atoms with Crippen molar-refractivity contribution in [1.82, 2.24) is 0 Å². The van der Waals surface area contributed by atoms with E-state index in [1.54, 1.807) is 6.07 Å². The molecule has 0 saturated heterocycles. The minimum atomic E-state index is -0.403. The Bertz CT molecular complexity index is 504. The number of hydrogen-bond acceptors (Lipinski definition) is 1. The number of halogens is 2. The van der Waals surface area contributed by atoms with Crippen LogP contribution in [0.25, 0.3) is 0 Å². The fourth-order valence-corrected chi connectivity index (χ4v) is 3.27. The summed E-state index contributed by atoms with van der Waals surface area (Å²) in [5, 5.41) is 0.165. The fraction of sp³-hybridized carbons (Fsp3) is 0.588. The highest BCUT2D eigenvalue weighted by atomic mass is 35.5. The summed E-state index contributed by atoms with van der Waals surface area (Å²) in [7, 11) is 0. The normalized spacial score (nSPS) is 23.9. The van der Waals surface area contributed by atoms with E-state index < -0.39 is 5.82 Å². The van der Waals surface area contributed by atoms with Gasteiger partial charge in [-0.1, -0.05) is 44.5 Å². The molecule has 20 heavy (non-hydrogen) atoms. The summed E-state index contributed by atoms with van der Waals surface area (Å²) in [5.41, 5.74) is 0.963. The maximum absolute atomic E-state index is 13.5. The number of rotatable bonds is 2. The van der Waals surface area contributed by atoms with Gasteiger partial charge in [-0.25, -0.2) is 4.39 Å². The standard InChI is InChI=1S/C17H22ClFO/c1-17(2,3)13-7-8-15(20)12(10-13)9-11-5-4-6-14(19)16(11)18/h4-6,12-13H,7-10H2,1-3H3. The van der Waals surface area contributed by atoms with Crippen LogP contribution in [-0.2, 0) is 11.2 Å². The lowest BCUT2D eigenvalue weighted by molar-refractivity contribution is -0.126. The van der Waals surface area contributed by atoms with Crippen LogP contribution in [0.4, 0.5) is 4.39 Å². The van der Waals surface area contributed by atoms with E-state index >= 15 is 0 Å². The monoisotopic (exact) mass is 296 g/mol. The van der Waals surface area contributed by atoms with Crippen LogP contribution in [0.3, 0.4) is 0 Å². The van der Waals surface area contributed by atoms with Crippen LogP contribution in [0.2, 0.25) is 5.02 Å². The molecule has 0 aromatic heterocycles. The Labute approximate surface area is 125 Å². The topological polar surface area (TPSA) is 17.1 Å². The molecule has 1 fully saturated rings. The molecule has 0 bridgehead atoms. The molecule has 1 aliphatic rings. The Morgan fingerprint density at radius 2 is 2.05 bits per heavy atom. The largest absolute Gasteiger partial charge is 0.299 e. The third kappa shape index (κ3) is 3.41. The van der Waals surface area contributed by atoms with Crippen molar-refractivity contribution in [2.45, 2.75) is 46.5 Å². The molecular weight excluding hydrogens is 275 g/mol. The molecule has 2 unspecified atom stereocenters. The van der Waals surface area contributed by atoms with Gasteiger partial charge >= 0.3 is 0 Å². The zero-order valence-corrected chi connectivity index (χ0v) is 13.1. The summed E-state index contributed by atoms with van der Waals surface area (Å²) in [4.78, 5) is 12.1. The van der Waals surface area contributed by atoms with Crippen molar-refractivity contribution in [3.63, 3.8) is 0 Å². The molecule has 0 amide bonds. The number of hydrogen-bond donors (Lipinski definition) is 0. The third-order valence-electron chi connectivity index (χ3n) is 4.49. The van der Waals surface area contributed by atoms with Gasteiger partial charge in [0.2, 0.25) is 0 Å². The average Bonchev–Trinajstić information content (AvgIpc) is 2.36. The average molecular weight is 297 g/mol. The summed E-state index contributed by atoms with van der Waals surface area (Å²) in [6.45, 7) is 6.67. The first-order valence-corrected chi connectivity index (χ1v) is 7.62. The van der Waals surface area contributed by atoms with Crippen molar-refractivity contribution in [1.29, 1.82) is 0 Å². The quantitative estimate of drug-likeness (QED) is 0.746. The van der Waals surface area contributed by atoms with Crippen molar-refractivity contribution in [3.8, 4) is 0 Å². The SMILES string of the molecule is CC(C)(C)C1CCC(=O)C(Cc2cccc(F)c2Cl)C1. The first-order chi connectivity index (χ1) is 9.29. The van der Waals surface area contributed by atoms with Gasteiger partial charge in [0, 0.05) is 12.3 Å². The predicted octanol–water partition coefficient (Wildman–Crippen LogP) is 5.05. The predicted molar refractivity (Wildman–Crippen MR) is 80.4 cm³/mol. The molecule has 110 valence electrons. The Hall–Kier alpha value is -0.890. The van der Waals surface area contributed by atoms with Gasteiger partial charge in [-0.2, -0.15) is 0 Å². The molecule has 1 nitrogen and oxygen atoms in total. The summed E-state index contributed by atoms with van der Waals surface area (Å²) in [6.07, 6.45) is 3.05. The first-order valence-electron chi connectivity index (χ1n) is 7.24. The lowest BCUT2D eigenvalue weighted by Crippen LogP contribution is -2.33. The molecule has 3 heteroatoms. The van der Waals surface area contributed by atoms with Crippen LogP contribution in [0, 0.1) is 23.1 Å². The number of Topliss-reactive ketones (excluding diaryl/α,β-unsaturated/α-hetero) is 1. The molecule has 0 spiro atoms. The van der Waals surface area contributed by atoms with Crippen LogP contribution in [0.15, 0.2) is 18.2 Å². The van der Waals surface area contributed by atoms with Crippen LogP contribution in [0.5, 0.6) is 0 Å². The number of carbonyl (C=O) groups is 1. The molecule has 2 rings (SSSR count). The van der Waals surface area contributed by atoms with Gasteiger partial charge in [0.15, 0.2) is 0 Å². The van der Waals surface area contributed by atoms with Crippen LogP contribution >= 0.6 is 11.6 Å². The van der Waals surface area contributed by atoms with Crippen molar-refractivity contribution in [2.75, 3.05) is 0 Å². The minimum absolute atomic E-state index is 0.0210. The van der Waals surface area contributed by atoms with Crippen molar-refractivity contribution in [3.05, 3.63) is 34.6 Å². The molecule has 0 N–H and O–H groups in total. The second kappa shape index (κ2) is 5.85. The molecule has 1 aromatic carbocycles. The van der Waals surface area contributed by atoms with Crippen molar-refractivity contribution >= 4 is 17.4 Å². The van der Waals surface area contributed by atoms with E-state index in [0.717, 1.165) is 18.4 Å². The smallest absolute Gasteiger partial charge is 0.142 e. The van der Waals surface area contributed by atoms with Crippen LogP contribution < -0.4 is 0 Å². The molecule has 1 saturated carbocycles. The van der Waals surface area contributed by atoms with Gasteiger partial charge in [-0.15, -0.1) is 0 Å². The highest BCUT2D eigenvalue weighted by molar-refractivity contribution is 6.31. The summed E-state index contributed by atoms with van der Waals surface area (Å²) >= 11 is 6.00. The Morgan fingerprint density at radius 1 is 1.35 bits per heavy atom. The van der Waals surface area contributed by atoms with E-state index in [0.29, 0.717) is 24.5 Å². The van der Waals surface area contributed by atoms with E-state index in [-0.39, 0.29) is 16.4 Å². The zero-order valence-electron chi connectivity index (χ0n) is 12.4. The Morgan fingerprint density at radius 3 is 2.70 bits per heavy atom. The van der Waals surface area contributed by atoms with E-state index in [4.69, 9.17) is 11.6 Å². The fourth-order valence-electron chi connectivity index (χ4n) is 3.07. The maximum atomic E-state index is 13.5. The molecule has 0 aliphatic heterocycles. The highest BCUT2D eigenvalue weighted by Crippen LogP contribution is 2.40. The maximum Gasteiger partial charge on any atom is 0.142 e. The van der Waals surface area contributed by atoms with E-state index in [2.05, 4.69) is 20.8 Å². The van der Waals surface area contributed by atoms with Gasteiger partial charge in [0.05, 0.1) is 5.02 Å². The summed E-state index contributed by atoms with van der Waals surface area (Å²) < 4.78 is 13.5. The Kier molecular flexibility index (Phi) is 4.53. The summed E-state index contributed by atoms with van der Waals surface area (Å²) in [6, 6.07) is 4.83. The van der Waals surface area contributed by atoms with Crippen LogP contribution in [-0.4, -0.2) is 5.78 Å². The van der Waals surface area contributed by atoms with Crippen LogP contribution in [0.1, 0.15) is 45.6 Å². The Balaban J connectivity index is 2.15. The molecule has 0 radical (unpaired) electrons. The van der Waals surface area contributed by atoms with Gasteiger partial charge in [0.25, 0.3) is 0 Å². The lowest BCUT2D eigenvalue weighted by Gasteiger charge is -2.37. The van der Waals surface area contributed by atoms with Gasteiger partial charge < -0.3 is 0 Å². The number of benzene rings is 1. The van der Waals surface area contributed by atoms with E-state index in [1.165, 1.54) is 6.07 Å². The highest BCUT2D eigenvalue weighted by Gasteiger charge is 2.35. The zero-order chi connectivity index (χ0) is 14.9. The number of ketones is 1. The molecule has 1 aliphatic carbocycles. The van der Waals surface area contributed by atoms with Gasteiger partial charge in [-0.05, 0) is 42.2 Å². The molecule has 0 heterocycles. The lowest BCUT2D eigenvalue weighted by atomic mass is 9.67. The first kappa shape index (κ1) is 15.5. The molecule has 1 aromatic rings. The summed E-state index contributed by atoms with van der Waals surface area (Å²) in [5.74, 6) is 0.412. The second-order valence-electron chi connectivity index (χ2n) is 6.92. The van der Waals surface area contributed by atoms with Gasteiger partial charge in [0.1, 0.15) is 11.6 Å². The third-order valence-corrected chi connectivity index (χ3v) is 4.91. The molecule has 2 atom stereocenters. The number of carbonyl (C=O) groups excluding carboxylic acids is 1. The minimum Gasteiger partial charge on any atom is -0.299 e. The van der Waals surface area contributed by atoms with E-state index in [9.17, 15) is 9.18 Å². The molecular formula is C17H22ClFO. The van der Waals surface area contributed by atoms with Gasteiger partial charge in [-0.3, -0.25) is 4.79 Å². The second-order valence-corrected chi connectivity index (χ2v) is 7.30. The van der Waals surface area contributed by atoms with Crippen molar-refractivity contribution in [2.24, 2.45) is 17.3 Å².